The molecule has 17 heavy (non-hydrogen) atoms. The third-order valence-corrected chi connectivity index (χ3v) is 3.06. The first-order valence-corrected chi connectivity index (χ1v) is 6.01. The van der Waals surface area contributed by atoms with Gasteiger partial charge in [0.15, 0.2) is 5.69 Å². The van der Waals surface area contributed by atoms with Gasteiger partial charge in [0.05, 0.1) is 4.90 Å². The summed E-state index contributed by atoms with van der Waals surface area (Å²) < 4.78 is 38.0. The molecule has 0 radical (unpaired) electrons. The molecule has 2 nitrogen and oxygen atoms in total. The average molecular weight is 258 g/mol. The van der Waals surface area contributed by atoms with E-state index in [2.05, 4.69) is 10.2 Å². The van der Waals surface area contributed by atoms with Crippen LogP contribution in [-0.4, -0.2) is 16.5 Å². The van der Waals surface area contributed by atoms with Crippen molar-refractivity contribution in [3.8, 4) is 11.3 Å². The molecule has 0 aliphatic heterocycles. The van der Waals surface area contributed by atoms with E-state index in [1.807, 2.05) is 0 Å². The van der Waals surface area contributed by atoms with Gasteiger partial charge in [0.2, 0.25) is 0 Å². The molecule has 0 saturated carbocycles. The van der Waals surface area contributed by atoms with E-state index in [9.17, 15) is 13.2 Å². The second kappa shape index (κ2) is 4.44. The summed E-state index contributed by atoms with van der Waals surface area (Å²) in [7, 11) is 0. The fourth-order valence-electron chi connectivity index (χ4n) is 1.51. The Kier molecular flexibility index (Phi) is 3.15. The standard InChI is InChI=1S/C11H9F3N2S/c1-17-9-8(7-5-3-2-4-6-7)15-16-10(9)11(12,13)14/h2-6H,1H3,(H,15,16). The summed E-state index contributed by atoms with van der Waals surface area (Å²) in [5.74, 6) is 0. The normalized spacial score (nSPS) is 11.8. The lowest BCUT2D eigenvalue weighted by Gasteiger charge is -2.06. The van der Waals surface area contributed by atoms with Crippen molar-refractivity contribution in [2.24, 2.45) is 0 Å². The molecular weight excluding hydrogens is 249 g/mol. The lowest BCUT2D eigenvalue weighted by molar-refractivity contribution is -0.143. The highest BCUT2D eigenvalue weighted by Gasteiger charge is 2.37. The maximum absolute atomic E-state index is 12.7. The highest BCUT2D eigenvalue weighted by molar-refractivity contribution is 7.98. The molecule has 0 fully saturated rings. The zero-order chi connectivity index (χ0) is 12.5. The van der Waals surface area contributed by atoms with E-state index >= 15 is 0 Å². The van der Waals surface area contributed by atoms with Crippen LogP contribution in [0.5, 0.6) is 0 Å². The summed E-state index contributed by atoms with van der Waals surface area (Å²) in [6, 6.07) is 8.80. The summed E-state index contributed by atoms with van der Waals surface area (Å²) in [5, 5.41) is 5.83. The van der Waals surface area contributed by atoms with Crippen LogP contribution in [0.4, 0.5) is 13.2 Å². The van der Waals surface area contributed by atoms with E-state index < -0.39 is 11.9 Å². The number of alkyl halides is 3. The number of nitrogens with zero attached hydrogens (tertiary/aromatic N) is 1. The molecule has 0 bridgehead atoms. The lowest BCUT2D eigenvalue weighted by Crippen LogP contribution is -2.06. The first kappa shape index (κ1) is 12.0. The van der Waals surface area contributed by atoms with Gasteiger partial charge in [0.1, 0.15) is 5.69 Å². The van der Waals surface area contributed by atoms with Gasteiger partial charge in [-0.25, -0.2) is 0 Å². The monoisotopic (exact) mass is 258 g/mol. The Balaban J connectivity index is 2.54. The summed E-state index contributed by atoms with van der Waals surface area (Å²) >= 11 is 1.04. The third kappa shape index (κ3) is 2.31. The van der Waals surface area contributed by atoms with Crippen LogP contribution in [0, 0.1) is 0 Å². The second-order valence-corrected chi connectivity index (χ2v) is 4.16. The van der Waals surface area contributed by atoms with E-state index in [0.717, 1.165) is 11.8 Å². The zero-order valence-electron chi connectivity index (χ0n) is 8.88. The summed E-state index contributed by atoms with van der Waals surface area (Å²) in [4.78, 5) is 0.128. The molecule has 0 unspecified atom stereocenters. The highest BCUT2D eigenvalue weighted by Crippen LogP contribution is 2.39. The number of hydrogen-bond acceptors (Lipinski definition) is 2. The third-order valence-electron chi connectivity index (χ3n) is 2.26. The first-order chi connectivity index (χ1) is 8.04. The zero-order valence-corrected chi connectivity index (χ0v) is 9.69. The minimum absolute atomic E-state index is 0.128. The average Bonchev–Trinajstić information content (AvgIpc) is 2.73. The van der Waals surface area contributed by atoms with Crippen molar-refractivity contribution < 1.29 is 13.2 Å². The molecule has 0 amide bonds. The Bertz CT molecular complexity index is 505. The fourth-order valence-corrected chi connectivity index (χ4v) is 2.24. The predicted octanol–water partition coefficient (Wildman–Crippen LogP) is 3.82. The molecule has 0 spiro atoms. The van der Waals surface area contributed by atoms with Crippen LogP contribution in [0.3, 0.4) is 0 Å². The van der Waals surface area contributed by atoms with Crippen molar-refractivity contribution in [2.45, 2.75) is 11.1 Å². The number of halogens is 3. The SMILES string of the molecule is CSc1c(-c2ccccc2)n[nH]c1C(F)(F)F. The van der Waals surface area contributed by atoms with Crippen molar-refractivity contribution in [1.29, 1.82) is 0 Å². The molecule has 0 saturated heterocycles. The Hall–Kier alpha value is -1.43. The van der Waals surface area contributed by atoms with Crippen molar-refractivity contribution in [3.63, 3.8) is 0 Å². The van der Waals surface area contributed by atoms with E-state index in [0.29, 0.717) is 11.3 Å². The molecule has 2 aromatic rings. The smallest absolute Gasteiger partial charge is 0.272 e. The van der Waals surface area contributed by atoms with Crippen molar-refractivity contribution in [2.75, 3.05) is 6.26 Å². The quantitative estimate of drug-likeness (QED) is 0.829. The van der Waals surface area contributed by atoms with Gasteiger partial charge in [-0.1, -0.05) is 30.3 Å². The molecule has 1 heterocycles. The van der Waals surface area contributed by atoms with Crippen LogP contribution in [0.15, 0.2) is 35.2 Å². The van der Waals surface area contributed by atoms with Crippen molar-refractivity contribution in [3.05, 3.63) is 36.0 Å². The van der Waals surface area contributed by atoms with Crippen LogP contribution < -0.4 is 0 Å². The van der Waals surface area contributed by atoms with Gasteiger partial charge in [0, 0.05) is 5.56 Å². The topological polar surface area (TPSA) is 28.7 Å². The van der Waals surface area contributed by atoms with Crippen LogP contribution in [0.2, 0.25) is 0 Å². The minimum atomic E-state index is -4.40. The number of nitrogens with one attached hydrogen (secondary N) is 1. The Labute approximate surface area is 100 Å². The molecule has 2 rings (SSSR count). The Morgan fingerprint density at radius 2 is 1.82 bits per heavy atom. The molecule has 6 heteroatoms. The number of thioether (sulfide) groups is 1. The Morgan fingerprint density at radius 1 is 1.18 bits per heavy atom. The fraction of sp³-hybridized carbons (Fsp3) is 0.182. The predicted molar refractivity (Wildman–Crippen MR) is 60.8 cm³/mol. The number of H-pyrrole nitrogens is 1. The van der Waals surface area contributed by atoms with Crippen LogP contribution in [0.1, 0.15) is 5.69 Å². The maximum atomic E-state index is 12.7. The van der Waals surface area contributed by atoms with E-state index in [1.165, 1.54) is 0 Å². The number of benzene rings is 1. The molecule has 1 aromatic heterocycles. The number of hydrogen-bond donors (Lipinski definition) is 1. The number of aromatic amines is 1. The summed E-state index contributed by atoms with van der Waals surface area (Å²) in [6.45, 7) is 0. The van der Waals surface area contributed by atoms with Gasteiger partial charge in [-0.3, -0.25) is 5.10 Å². The van der Waals surface area contributed by atoms with Gasteiger partial charge in [0.25, 0.3) is 0 Å². The van der Waals surface area contributed by atoms with Gasteiger partial charge in [-0.2, -0.15) is 18.3 Å². The van der Waals surface area contributed by atoms with Crippen LogP contribution in [0.25, 0.3) is 11.3 Å². The summed E-state index contributed by atoms with van der Waals surface area (Å²) in [5.41, 5.74) is 0.220. The van der Waals surface area contributed by atoms with Crippen LogP contribution in [-0.2, 0) is 6.18 Å². The largest absolute Gasteiger partial charge is 0.433 e. The van der Waals surface area contributed by atoms with Gasteiger partial charge in [-0.05, 0) is 6.26 Å². The van der Waals surface area contributed by atoms with Crippen LogP contribution >= 0.6 is 11.8 Å². The molecular formula is C11H9F3N2S. The van der Waals surface area contributed by atoms with Gasteiger partial charge >= 0.3 is 6.18 Å². The second-order valence-electron chi connectivity index (χ2n) is 3.34. The maximum Gasteiger partial charge on any atom is 0.433 e. The number of rotatable bonds is 2. The minimum Gasteiger partial charge on any atom is -0.272 e. The van der Waals surface area contributed by atoms with Gasteiger partial charge in [-0.15, -0.1) is 11.8 Å². The van der Waals surface area contributed by atoms with E-state index in [-0.39, 0.29) is 4.90 Å². The molecule has 0 aliphatic rings. The molecule has 0 aliphatic carbocycles. The van der Waals surface area contributed by atoms with Gasteiger partial charge < -0.3 is 0 Å². The lowest BCUT2D eigenvalue weighted by atomic mass is 10.1. The number of aromatic nitrogens is 2. The van der Waals surface area contributed by atoms with E-state index in [1.54, 1.807) is 36.6 Å². The molecule has 1 aromatic carbocycles. The molecule has 0 atom stereocenters. The highest BCUT2D eigenvalue weighted by atomic mass is 32.2. The molecule has 90 valence electrons. The summed E-state index contributed by atoms with van der Waals surface area (Å²) in [6.07, 6.45) is -2.80. The Morgan fingerprint density at radius 3 is 2.35 bits per heavy atom. The molecule has 1 N–H and O–H groups in total. The van der Waals surface area contributed by atoms with Crippen molar-refractivity contribution >= 4 is 11.8 Å². The first-order valence-electron chi connectivity index (χ1n) is 4.79. The van der Waals surface area contributed by atoms with E-state index in [4.69, 9.17) is 0 Å². The van der Waals surface area contributed by atoms with Crippen molar-refractivity contribution in [1.82, 2.24) is 10.2 Å².